The molecule has 0 spiro atoms. The summed E-state index contributed by atoms with van der Waals surface area (Å²) in [6.07, 6.45) is 5.16. The number of pyridine rings is 1. The van der Waals surface area contributed by atoms with Gasteiger partial charge in [0.2, 0.25) is 11.8 Å². The van der Waals surface area contributed by atoms with Crippen LogP contribution in [0, 0.1) is 5.92 Å². The first-order valence-electron chi connectivity index (χ1n) is 11.7. The van der Waals surface area contributed by atoms with Crippen molar-refractivity contribution in [1.29, 1.82) is 0 Å². The second-order valence-corrected chi connectivity index (χ2v) is 10.2. The Balaban J connectivity index is 1.70. The lowest BCUT2D eigenvalue weighted by Gasteiger charge is -2.30. The number of hydrogen-bond donors (Lipinski definition) is 2. The maximum absolute atomic E-state index is 12.9. The van der Waals surface area contributed by atoms with Crippen LogP contribution in [0.15, 0.2) is 70.7 Å². The minimum Gasteiger partial charge on any atom is -0.479 e. The average Bonchev–Trinajstić information content (AvgIpc) is 3.41. The Labute approximate surface area is 225 Å². The smallest absolute Gasteiger partial charge is 0.271 e. The molecule has 2 aliphatic heterocycles. The molecule has 2 N–H and O–H groups in total. The standard InChI is InChI=1S/C26H27Cl2N7O2/c1-14(2)22-21-18(32-35(22)20-12-30-26(33(3)4)31-25(20)37-5)13-34(19-10-17(28)11-29-24(19)36)23(21)15-6-8-16(27)9-7-15/h6-14,23,32H,1-5H3,(H,29,36)/t23-/m1/s1. The van der Waals surface area contributed by atoms with Crippen LogP contribution in [0.25, 0.3) is 0 Å². The highest BCUT2D eigenvalue weighted by Gasteiger charge is 2.43. The summed E-state index contributed by atoms with van der Waals surface area (Å²) < 4.78 is 5.66. The van der Waals surface area contributed by atoms with Crippen LogP contribution in [-0.4, -0.2) is 36.2 Å². The third-order valence-corrected chi connectivity index (χ3v) is 6.75. The molecule has 2 aromatic heterocycles. The van der Waals surface area contributed by atoms with Crippen LogP contribution in [-0.2, 0) is 0 Å². The van der Waals surface area contributed by atoms with E-state index in [4.69, 9.17) is 27.9 Å². The number of hydrogen-bond acceptors (Lipinski definition) is 8. The lowest BCUT2D eigenvalue weighted by Crippen LogP contribution is -2.34. The number of methoxy groups -OCH3 is 1. The van der Waals surface area contributed by atoms with Crippen LogP contribution in [0.4, 0.5) is 17.3 Å². The fourth-order valence-corrected chi connectivity index (χ4v) is 4.97. The van der Waals surface area contributed by atoms with E-state index in [2.05, 4.69) is 34.2 Å². The number of halogens is 2. The van der Waals surface area contributed by atoms with Gasteiger partial charge in [0.15, 0.2) is 0 Å². The van der Waals surface area contributed by atoms with E-state index in [1.54, 1.807) is 19.4 Å². The first-order valence-corrected chi connectivity index (χ1v) is 12.5. The zero-order valence-electron chi connectivity index (χ0n) is 21.1. The molecule has 1 atom stereocenters. The highest BCUT2D eigenvalue weighted by Crippen LogP contribution is 2.49. The van der Waals surface area contributed by atoms with Crippen LogP contribution in [0.2, 0.25) is 10.0 Å². The molecule has 0 amide bonds. The van der Waals surface area contributed by atoms with Crippen molar-refractivity contribution in [3.05, 3.63) is 91.9 Å². The van der Waals surface area contributed by atoms with Crippen LogP contribution in [0.1, 0.15) is 25.5 Å². The Morgan fingerprint density at radius 3 is 2.49 bits per heavy atom. The van der Waals surface area contributed by atoms with Crippen LogP contribution in [0.3, 0.4) is 0 Å². The van der Waals surface area contributed by atoms with E-state index in [0.717, 1.165) is 22.5 Å². The predicted octanol–water partition coefficient (Wildman–Crippen LogP) is 4.88. The van der Waals surface area contributed by atoms with E-state index in [9.17, 15) is 4.79 Å². The first kappa shape index (κ1) is 25.0. The zero-order valence-corrected chi connectivity index (χ0v) is 22.6. The quantitative estimate of drug-likeness (QED) is 0.457. The summed E-state index contributed by atoms with van der Waals surface area (Å²) in [4.78, 5) is 28.5. The average molecular weight is 540 g/mol. The van der Waals surface area contributed by atoms with E-state index in [0.29, 0.717) is 33.2 Å². The van der Waals surface area contributed by atoms with Gasteiger partial charge in [-0.3, -0.25) is 15.2 Å². The van der Waals surface area contributed by atoms with E-state index >= 15 is 0 Å². The number of allylic oxidation sites excluding steroid dienone is 1. The van der Waals surface area contributed by atoms with Gasteiger partial charge < -0.3 is 19.5 Å². The number of rotatable bonds is 6. The molecule has 37 heavy (non-hydrogen) atoms. The number of aromatic nitrogens is 3. The Hall–Kier alpha value is -3.69. The van der Waals surface area contributed by atoms with Gasteiger partial charge in [-0.2, -0.15) is 4.98 Å². The molecule has 3 aromatic rings. The van der Waals surface area contributed by atoms with Gasteiger partial charge in [-0.05, 0) is 29.7 Å². The number of H-pyrrole nitrogens is 1. The van der Waals surface area contributed by atoms with E-state index in [-0.39, 0.29) is 17.5 Å². The number of fused-ring (bicyclic) bond motifs is 1. The molecule has 11 heteroatoms. The topological polar surface area (TPSA) is 89.6 Å². The Bertz CT molecular complexity index is 1460. The Morgan fingerprint density at radius 2 is 1.84 bits per heavy atom. The van der Waals surface area contributed by atoms with Crippen molar-refractivity contribution in [1.82, 2.24) is 20.4 Å². The summed E-state index contributed by atoms with van der Waals surface area (Å²) in [6.45, 7) is 4.24. The van der Waals surface area contributed by atoms with Crippen molar-refractivity contribution >= 4 is 40.5 Å². The fraction of sp³-hybridized carbons (Fsp3) is 0.269. The van der Waals surface area contributed by atoms with Crippen molar-refractivity contribution in [3.8, 4) is 5.88 Å². The molecule has 0 unspecified atom stereocenters. The highest BCUT2D eigenvalue weighted by atomic mass is 35.5. The van der Waals surface area contributed by atoms with E-state index in [1.807, 2.05) is 59.4 Å². The van der Waals surface area contributed by atoms with Crippen molar-refractivity contribution in [2.24, 2.45) is 5.92 Å². The van der Waals surface area contributed by atoms with Gasteiger partial charge in [-0.15, -0.1) is 0 Å². The van der Waals surface area contributed by atoms with Gasteiger partial charge in [-0.25, -0.2) is 4.98 Å². The number of benzene rings is 1. The van der Waals surface area contributed by atoms with Crippen LogP contribution >= 0.6 is 23.2 Å². The first-order chi connectivity index (χ1) is 17.7. The molecular weight excluding hydrogens is 513 g/mol. The van der Waals surface area contributed by atoms with Gasteiger partial charge in [0.05, 0.1) is 35.8 Å². The Kier molecular flexibility index (Phi) is 6.51. The molecule has 0 radical (unpaired) electrons. The third kappa shape index (κ3) is 4.38. The zero-order chi connectivity index (χ0) is 26.4. The molecule has 0 saturated heterocycles. The summed E-state index contributed by atoms with van der Waals surface area (Å²) in [5.41, 5.74) is 8.24. The molecule has 5 rings (SSSR count). The second kappa shape index (κ2) is 9.64. The molecule has 9 nitrogen and oxygen atoms in total. The second-order valence-electron chi connectivity index (χ2n) is 9.30. The number of ether oxygens (including phenoxy) is 1. The van der Waals surface area contributed by atoms with Crippen molar-refractivity contribution in [2.75, 3.05) is 36.0 Å². The molecule has 0 saturated carbocycles. The molecule has 0 aliphatic carbocycles. The number of hydrazine groups is 1. The van der Waals surface area contributed by atoms with Crippen LogP contribution < -0.4 is 30.5 Å². The van der Waals surface area contributed by atoms with E-state index in [1.165, 1.54) is 6.20 Å². The summed E-state index contributed by atoms with van der Waals surface area (Å²) in [6, 6.07) is 9.00. The van der Waals surface area contributed by atoms with Crippen molar-refractivity contribution in [2.45, 2.75) is 19.9 Å². The minimum absolute atomic E-state index is 0.0963. The fourth-order valence-electron chi connectivity index (χ4n) is 4.69. The summed E-state index contributed by atoms with van der Waals surface area (Å²) in [5, 5.41) is 3.04. The van der Waals surface area contributed by atoms with Gasteiger partial charge in [-0.1, -0.05) is 49.2 Å². The highest BCUT2D eigenvalue weighted by molar-refractivity contribution is 6.31. The maximum Gasteiger partial charge on any atom is 0.271 e. The molecule has 4 heterocycles. The number of nitrogens with zero attached hydrogens (tertiary/aromatic N) is 5. The van der Waals surface area contributed by atoms with Crippen LogP contribution in [0.5, 0.6) is 5.88 Å². The number of aromatic amines is 1. The minimum atomic E-state index is -0.310. The number of anilines is 3. The molecule has 1 aromatic carbocycles. The summed E-state index contributed by atoms with van der Waals surface area (Å²) >= 11 is 12.5. The molecule has 0 fully saturated rings. The van der Waals surface area contributed by atoms with Gasteiger partial charge >= 0.3 is 0 Å². The van der Waals surface area contributed by atoms with E-state index < -0.39 is 0 Å². The third-order valence-electron chi connectivity index (χ3n) is 6.28. The SMILES string of the molecule is COc1nc(N(C)C)ncc1N1NC2=CN(c3cc(Cl)c[nH]c3=O)[C@H](c3ccc(Cl)cc3)C2=C1C(C)C. The predicted molar refractivity (Wildman–Crippen MR) is 147 cm³/mol. The lowest BCUT2D eigenvalue weighted by molar-refractivity contribution is 0.396. The monoisotopic (exact) mass is 539 g/mol. The summed E-state index contributed by atoms with van der Waals surface area (Å²) in [5.74, 6) is 1.08. The Morgan fingerprint density at radius 1 is 1.11 bits per heavy atom. The van der Waals surface area contributed by atoms with Gasteiger partial charge in [0.25, 0.3) is 5.56 Å². The van der Waals surface area contributed by atoms with Crippen molar-refractivity contribution in [3.63, 3.8) is 0 Å². The number of nitrogens with one attached hydrogen (secondary N) is 2. The molecule has 192 valence electrons. The summed E-state index contributed by atoms with van der Waals surface area (Å²) in [7, 11) is 5.34. The largest absolute Gasteiger partial charge is 0.479 e. The normalized spacial score (nSPS) is 16.8. The lowest BCUT2D eigenvalue weighted by atomic mass is 9.93. The molecule has 0 bridgehead atoms. The van der Waals surface area contributed by atoms with Gasteiger partial charge in [0, 0.05) is 37.1 Å². The van der Waals surface area contributed by atoms with Crippen molar-refractivity contribution < 1.29 is 4.74 Å². The molecular formula is C26H27Cl2N7O2. The maximum atomic E-state index is 12.9. The van der Waals surface area contributed by atoms with Gasteiger partial charge in [0.1, 0.15) is 11.4 Å². The molecule has 2 aliphatic rings.